The van der Waals surface area contributed by atoms with E-state index in [0.717, 1.165) is 26.2 Å². The fourth-order valence-corrected chi connectivity index (χ4v) is 1.26. The highest BCUT2D eigenvalue weighted by Gasteiger charge is 2.06. The van der Waals surface area contributed by atoms with Gasteiger partial charge in [0.1, 0.15) is 0 Å². The third-order valence-corrected chi connectivity index (χ3v) is 1.98. The van der Waals surface area contributed by atoms with Crippen LogP contribution >= 0.6 is 0 Å². The average molecular weight is 196 g/mol. The van der Waals surface area contributed by atoms with E-state index in [1.54, 1.807) is 6.92 Å². The Bertz CT molecular complexity index is 236. The molecule has 0 spiro atoms. The molecule has 78 valence electrons. The zero-order chi connectivity index (χ0) is 10.2. The monoisotopic (exact) mass is 196 g/mol. The van der Waals surface area contributed by atoms with Crippen LogP contribution in [0.25, 0.3) is 0 Å². The van der Waals surface area contributed by atoms with Crippen molar-refractivity contribution in [1.82, 2.24) is 10.2 Å². The average Bonchev–Trinajstić information content (AvgIpc) is 2.20. The van der Waals surface area contributed by atoms with Crippen LogP contribution in [0.3, 0.4) is 0 Å². The molecule has 4 heteroatoms. The molecule has 1 heterocycles. The van der Waals surface area contributed by atoms with Gasteiger partial charge in [-0.15, -0.1) is 0 Å². The van der Waals surface area contributed by atoms with Crippen LogP contribution in [-0.4, -0.2) is 50.2 Å². The molecule has 0 bridgehead atoms. The molecule has 0 saturated carbocycles. The minimum Gasteiger partial charge on any atom is -0.456 e. The molecule has 1 saturated heterocycles. The van der Waals surface area contributed by atoms with Crippen LogP contribution in [0.1, 0.15) is 6.92 Å². The second-order valence-corrected chi connectivity index (χ2v) is 3.05. The van der Waals surface area contributed by atoms with E-state index in [1.807, 2.05) is 0 Å². The maximum absolute atomic E-state index is 10.9. The van der Waals surface area contributed by atoms with E-state index in [2.05, 4.69) is 26.8 Å². The van der Waals surface area contributed by atoms with Gasteiger partial charge in [0.05, 0.1) is 13.2 Å². The number of ether oxygens (including phenoxy) is 1. The third-order valence-electron chi connectivity index (χ3n) is 1.98. The molecule has 0 aromatic heterocycles. The van der Waals surface area contributed by atoms with Crippen molar-refractivity contribution in [2.45, 2.75) is 6.92 Å². The lowest BCUT2D eigenvalue weighted by molar-refractivity contribution is -0.136. The number of carbonyl (C=O) groups excluding carboxylic acids is 1. The number of esters is 1. The van der Waals surface area contributed by atoms with Crippen LogP contribution < -0.4 is 5.32 Å². The van der Waals surface area contributed by atoms with Gasteiger partial charge in [-0.25, -0.2) is 4.79 Å². The number of nitrogens with one attached hydrogen (secondary N) is 1. The number of hydrogen-bond donors (Lipinski definition) is 1. The quantitative estimate of drug-likeness (QED) is 0.366. The number of nitrogens with zero attached hydrogens (tertiary/aromatic N) is 1. The van der Waals surface area contributed by atoms with Crippen molar-refractivity contribution in [3.05, 3.63) is 0 Å². The van der Waals surface area contributed by atoms with Gasteiger partial charge >= 0.3 is 5.97 Å². The molecule has 1 rings (SSSR count). The Kier molecular flexibility index (Phi) is 5.05. The fraction of sp³-hybridized carbons (Fsp3) is 0.700. The van der Waals surface area contributed by atoms with E-state index in [9.17, 15) is 4.79 Å². The largest absolute Gasteiger partial charge is 0.456 e. The Morgan fingerprint density at radius 3 is 2.86 bits per heavy atom. The van der Waals surface area contributed by atoms with Crippen LogP contribution in [0.4, 0.5) is 0 Å². The van der Waals surface area contributed by atoms with Gasteiger partial charge in [0.15, 0.2) is 0 Å². The van der Waals surface area contributed by atoms with Crippen molar-refractivity contribution in [1.29, 1.82) is 0 Å². The standard InChI is InChI=1S/C10H16N2O2/c1-2-14-10(13)4-3-7-12-8-5-11-6-9-12/h11H,2,5-9H2,1H3. The lowest BCUT2D eigenvalue weighted by atomic mass is 10.3. The molecule has 0 amide bonds. The van der Waals surface area contributed by atoms with Crippen molar-refractivity contribution in [3.63, 3.8) is 0 Å². The summed E-state index contributed by atoms with van der Waals surface area (Å²) >= 11 is 0. The zero-order valence-corrected chi connectivity index (χ0v) is 8.51. The molecule has 1 N–H and O–H groups in total. The zero-order valence-electron chi connectivity index (χ0n) is 8.51. The summed E-state index contributed by atoms with van der Waals surface area (Å²) in [7, 11) is 0. The summed E-state index contributed by atoms with van der Waals surface area (Å²) in [5.74, 6) is 4.84. The first-order valence-corrected chi connectivity index (χ1v) is 4.91. The topological polar surface area (TPSA) is 41.6 Å². The Morgan fingerprint density at radius 2 is 2.21 bits per heavy atom. The van der Waals surface area contributed by atoms with Crippen molar-refractivity contribution in [2.75, 3.05) is 39.3 Å². The van der Waals surface area contributed by atoms with E-state index in [1.165, 1.54) is 0 Å². The lowest BCUT2D eigenvalue weighted by Crippen LogP contribution is -2.43. The van der Waals surface area contributed by atoms with E-state index < -0.39 is 5.97 Å². The SMILES string of the molecule is CCOC(=O)C#CCN1CCNCC1. The first-order valence-electron chi connectivity index (χ1n) is 4.91. The van der Waals surface area contributed by atoms with Crippen LogP contribution in [-0.2, 0) is 9.53 Å². The second kappa shape index (κ2) is 6.41. The summed E-state index contributed by atoms with van der Waals surface area (Å²) in [4.78, 5) is 13.1. The highest BCUT2D eigenvalue weighted by molar-refractivity contribution is 5.88. The molecule has 1 fully saturated rings. The molecule has 0 radical (unpaired) electrons. The molecule has 0 aromatic rings. The normalized spacial score (nSPS) is 16.9. The van der Waals surface area contributed by atoms with Gasteiger partial charge < -0.3 is 10.1 Å². The Hall–Kier alpha value is -1.05. The number of piperazine rings is 1. The highest BCUT2D eigenvalue weighted by Crippen LogP contribution is 1.89. The van der Waals surface area contributed by atoms with Gasteiger partial charge in [0.2, 0.25) is 0 Å². The maximum atomic E-state index is 10.9. The van der Waals surface area contributed by atoms with Gasteiger partial charge in [-0.05, 0) is 6.92 Å². The number of hydrogen-bond acceptors (Lipinski definition) is 4. The Morgan fingerprint density at radius 1 is 1.50 bits per heavy atom. The van der Waals surface area contributed by atoms with Gasteiger partial charge in [-0.2, -0.15) is 0 Å². The van der Waals surface area contributed by atoms with E-state index in [-0.39, 0.29) is 0 Å². The van der Waals surface area contributed by atoms with Crippen LogP contribution in [0.5, 0.6) is 0 Å². The summed E-state index contributed by atoms with van der Waals surface area (Å²) in [6.45, 7) is 6.81. The van der Waals surface area contributed by atoms with E-state index >= 15 is 0 Å². The molecule has 4 nitrogen and oxygen atoms in total. The van der Waals surface area contributed by atoms with E-state index in [0.29, 0.717) is 13.2 Å². The minimum absolute atomic E-state index is 0.390. The minimum atomic E-state index is -0.428. The number of rotatable bonds is 2. The van der Waals surface area contributed by atoms with Gasteiger partial charge in [0, 0.05) is 32.1 Å². The summed E-state index contributed by atoms with van der Waals surface area (Å²) < 4.78 is 4.69. The van der Waals surface area contributed by atoms with Crippen molar-refractivity contribution in [3.8, 4) is 11.8 Å². The summed E-state index contributed by atoms with van der Waals surface area (Å²) in [5.41, 5.74) is 0. The molecule has 0 unspecified atom stereocenters. The van der Waals surface area contributed by atoms with Crippen molar-refractivity contribution in [2.24, 2.45) is 0 Å². The first kappa shape index (κ1) is 11.0. The molecular weight excluding hydrogens is 180 g/mol. The number of carbonyl (C=O) groups is 1. The lowest BCUT2D eigenvalue weighted by Gasteiger charge is -2.24. The first-order chi connectivity index (χ1) is 6.83. The Labute approximate surface area is 84.6 Å². The van der Waals surface area contributed by atoms with Crippen molar-refractivity contribution >= 4 is 5.97 Å². The van der Waals surface area contributed by atoms with Crippen molar-refractivity contribution < 1.29 is 9.53 Å². The molecule has 14 heavy (non-hydrogen) atoms. The molecule has 0 aliphatic carbocycles. The van der Waals surface area contributed by atoms with Crippen LogP contribution in [0.2, 0.25) is 0 Å². The molecule has 1 aliphatic heterocycles. The second-order valence-electron chi connectivity index (χ2n) is 3.05. The molecule has 0 atom stereocenters. The fourth-order valence-electron chi connectivity index (χ4n) is 1.26. The maximum Gasteiger partial charge on any atom is 0.384 e. The van der Waals surface area contributed by atoms with Gasteiger partial charge in [-0.1, -0.05) is 5.92 Å². The highest BCUT2D eigenvalue weighted by atomic mass is 16.5. The Balaban J connectivity index is 2.20. The summed E-state index contributed by atoms with van der Waals surface area (Å²) in [6, 6.07) is 0. The molecule has 0 aromatic carbocycles. The van der Waals surface area contributed by atoms with E-state index in [4.69, 9.17) is 0 Å². The van der Waals surface area contributed by atoms with Crippen LogP contribution in [0, 0.1) is 11.8 Å². The van der Waals surface area contributed by atoms with Gasteiger partial charge in [0.25, 0.3) is 0 Å². The van der Waals surface area contributed by atoms with Gasteiger partial charge in [-0.3, -0.25) is 4.90 Å². The molecule has 1 aliphatic rings. The summed E-state index contributed by atoms with van der Waals surface area (Å²) in [6.07, 6.45) is 0. The third kappa shape index (κ3) is 4.26. The predicted octanol–water partition coefficient (Wildman–Crippen LogP) is -0.542. The summed E-state index contributed by atoms with van der Waals surface area (Å²) in [5, 5.41) is 3.25. The molecular formula is C10H16N2O2. The smallest absolute Gasteiger partial charge is 0.384 e. The predicted molar refractivity (Wildman–Crippen MR) is 53.7 cm³/mol. The van der Waals surface area contributed by atoms with Crippen LogP contribution in [0.15, 0.2) is 0 Å².